The van der Waals surface area contributed by atoms with Crippen LogP contribution in [-0.4, -0.2) is 10.9 Å². The van der Waals surface area contributed by atoms with Crippen LogP contribution in [0, 0.1) is 11.5 Å². The SMILES string of the molecule is N#CNC(=O)c1csc(-c2ccco2)n1. The fraction of sp³-hybridized carbons (Fsp3) is 0. The van der Waals surface area contributed by atoms with Crippen molar-refractivity contribution in [1.29, 1.82) is 5.26 Å². The maximum absolute atomic E-state index is 11.2. The summed E-state index contributed by atoms with van der Waals surface area (Å²) in [6.45, 7) is 0. The maximum Gasteiger partial charge on any atom is 0.283 e. The molecule has 2 aromatic rings. The Bertz CT molecular complexity index is 510. The van der Waals surface area contributed by atoms with Crippen LogP contribution in [0.15, 0.2) is 28.2 Å². The molecule has 2 heterocycles. The van der Waals surface area contributed by atoms with Gasteiger partial charge in [0.1, 0.15) is 5.69 Å². The standard InChI is InChI=1S/C9H5N3O2S/c10-5-11-8(13)6-4-15-9(12-6)7-2-1-3-14-7/h1-4H,(H,11,13). The molecule has 0 aromatic carbocycles. The van der Waals surface area contributed by atoms with E-state index in [1.54, 1.807) is 23.7 Å². The first-order valence-electron chi connectivity index (χ1n) is 4.00. The molecule has 0 aliphatic heterocycles. The van der Waals surface area contributed by atoms with E-state index in [1.807, 2.05) is 5.32 Å². The van der Waals surface area contributed by atoms with E-state index in [-0.39, 0.29) is 5.69 Å². The lowest BCUT2D eigenvalue weighted by atomic mass is 10.4. The molecule has 0 aliphatic carbocycles. The lowest BCUT2D eigenvalue weighted by Crippen LogP contribution is -2.17. The van der Waals surface area contributed by atoms with Crippen LogP contribution in [-0.2, 0) is 0 Å². The van der Waals surface area contributed by atoms with Gasteiger partial charge in [0, 0.05) is 5.38 Å². The Kier molecular flexibility index (Phi) is 2.48. The summed E-state index contributed by atoms with van der Waals surface area (Å²) in [6.07, 6.45) is 3.09. The Labute approximate surface area is 89.0 Å². The van der Waals surface area contributed by atoms with Gasteiger partial charge in [-0.25, -0.2) is 4.98 Å². The highest BCUT2D eigenvalue weighted by atomic mass is 32.1. The number of nitriles is 1. The van der Waals surface area contributed by atoms with Gasteiger partial charge in [-0.3, -0.25) is 10.1 Å². The van der Waals surface area contributed by atoms with E-state index in [9.17, 15) is 4.79 Å². The second kappa shape index (κ2) is 3.94. The normalized spacial score (nSPS) is 9.53. The second-order valence-corrected chi connectivity index (χ2v) is 3.44. The molecule has 5 nitrogen and oxygen atoms in total. The minimum atomic E-state index is -0.508. The van der Waals surface area contributed by atoms with Crippen molar-refractivity contribution in [2.24, 2.45) is 0 Å². The molecule has 0 fully saturated rings. The molecule has 0 aliphatic rings. The predicted octanol–water partition coefficient (Wildman–Crippen LogP) is 1.61. The van der Waals surface area contributed by atoms with Crippen molar-refractivity contribution in [3.8, 4) is 17.0 Å². The first kappa shape index (κ1) is 9.43. The summed E-state index contributed by atoms with van der Waals surface area (Å²) < 4.78 is 5.12. The second-order valence-electron chi connectivity index (χ2n) is 2.58. The molecule has 74 valence electrons. The zero-order chi connectivity index (χ0) is 10.7. The van der Waals surface area contributed by atoms with E-state index in [4.69, 9.17) is 9.68 Å². The quantitative estimate of drug-likeness (QED) is 0.614. The van der Waals surface area contributed by atoms with Crippen LogP contribution in [0.1, 0.15) is 10.5 Å². The molecule has 2 rings (SSSR count). The molecule has 0 saturated carbocycles. The third kappa shape index (κ3) is 1.87. The van der Waals surface area contributed by atoms with Crippen molar-refractivity contribution in [2.75, 3.05) is 0 Å². The summed E-state index contributed by atoms with van der Waals surface area (Å²) in [5.41, 5.74) is 0.216. The molecule has 15 heavy (non-hydrogen) atoms. The number of hydrogen-bond donors (Lipinski definition) is 1. The van der Waals surface area contributed by atoms with Crippen LogP contribution < -0.4 is 5.32 Å². The van der Waals surface area contributed by atoms with Gasteiger partial charge in [-0.05, 0) is 12.1 Å². The highest BCUT2D eigenvalue weighted by Crippen LogP contribution is 2.23. The summed E-state index contributed by atoms with van der Waals surface area (Å²) >= 11 is 1.29. The number of thiazole rings is 1. The number of aromatic nitrogens is 1. The van der Waals surface area contributed by atoms with Crippen molar-refractivity contribution in [1.82, 2.24) is 10.3 Å². The van der Waals surface area contributed by atoms with Gasteiger partial charge in [0.2, 0.25) is 0 Å². The molecule has 0 spiro atoms. The first-order valence-corrected chi connectivity index (χ1v) is 4.88. The van der Waals surface area contributed by atoms with E-state index in [0.29, 0.717) is 10.8 Å². The monoisotopic (exact) mass is 219 g/mol. The fourth-order valence-electron chi connectivity index (χ4n) is 1.01. The van der Waals surface area contributed by atoms with E-state index in [2.05, 4.69) is 4.98 Å². The van der Waals surface area contributed by atoms with Gasteiger partial charge in [-0.1, -0.05) is 0 Å². The van der Waals surface area contributed by atoms with E-state index < -0.39 is 5.91 Å². The maximum atomic E-state index is 11.2. The number of rotatable bonds is 2. The van der Waals surface area contributed by atoms with E-state index >= 15 is 0 Å². The number of nitrogens with one attached hydrogen (secondary N) is 1. The summed E-state index contributed by atoms with van der Waals surface area (Å²) in [7, 11) is 0. The average Bonchev–Trinajstić information content (AvgIpc) is 2.89. The summed E-state index contributed by atoms with van der Waals surface area (Å²) in [4.78, 5) is 15.2. The van der Waals surface area contributed by atoms with Crippen molar-refractivity contribution in [3.05, 3.63) is 29.5 Å². The zero-order valence-corrected chi connectivity index (χ0v) is 8.25. The molecule has 0 unspecified atom stereocenters. The smallest absolute Gasteiger partial charge is 0.283 e. The molecular formula is C9H5N3O2S. The Hall–Kier alpha value is -2.13. The molecule has 0 saturated heterocycles. The Morgan fingerprint density at radius 3 is 3.20 bits per heavy atom. The van der Waals surface area contributed by atoms with Crippen LogP contribution in [0.25, 0.3) is 10.8 Å². The van der Waals surface area contributed by atoms with Gasteiger partial charge in [0.05, 0.1) is 6.26 Å². The van der Waals surface area contributed by atoms with Gasteiger partial charge >= 0.3 is 0 Å². The third-order valence-corrected chi connectivity index (χ3v) is 2.50. The van der Waals surface area contributed by atoms with E-state index in [1.165, 1.54) is 17.6 Å². The van der Waals surface area contributed by atoms with Gasteiger partial charge in [0.15, 0.2) is 17.0 Å². The fourth-order valence-corrected chi connectivity index (χ4v) is 1.77. The van der Waals surface area contributed by atoms with Crippen molar-refractivity contribution in [3.63, 3.8) is 0 Å². The van der Waals surface area contributed by atoms with Crippen LogP contribution >= 0.6 is 11.3 Å². The van der Waals surface area contributed by atoms with Gasteiger partial charge < -0.3 is 4.42 Å². The number of amides is 1. The number of nitrogens with zero attached hydrogens (tertiary/aromatic N) is 2. The van der Waals surface area contributed by atoms with E-state index in [0.717, 1.165) is 0 Å². The molecular weight excluding hydrogens is 214 g/mol. The molecule has 6 heteroatoms. The molecule has 2 aromatic heterocycles. The van der Waals surface area contributed by atoms with Gasteiger partial charge in [-0.2, -0.15) is 5.26 Å². The van der Waals surface area contributed by atoms with Gasteiger partial charge in [0.25, 0.3) is 5.91 Å². The minimum Gasteiger partial charge on any atom is -0.462 e. The Balaban J connectivity index is 2.26. The summed E-state index contributed by atoms with van der Waals surface area (Å²) in [6, 6.07) is 3.50. The first-order chi connectivity index (χ1) is 7.31. The Morgan fingerprint density at radius 2 is 2.53 bits per heavy atom. The van der Waals surface area contributed by atoms with Crippen LogP contribution in [0.3, 0.4) is 0 Å². The molecule has 1 N–H and O–H groups in total. The number of carbonyl (C=O) groups is 1. The molecule has 0 bridgehead atoms. The van der Waals surface area contributed by atoms with Crippen molar-refractivity contribution < 1.29 is 9.21 Å². The van der Waals surface area contributed by atoms with Crippen LogP contribution in [0.4, 0.5) is 0 Å². The van der Waals surface area contributed by atoms with Crippen LogP contribution in [0.5, 0.6) is 0 Å². The number of carbonyl (C=O) groups excluding carboxylic acids is 1. The van der Waals surface area contributed by atoms with Crippen molar-refractivity contribution >= 4 is 17.2 Å². The predicted molar refractivity (Wildman–Crippen MR) is 52.9 cm³/mol. The molecule has 0 radical (unpaired) electrons. The van der Waals surface area contributed by atoms with Gasteiger partial charge in [-0.15, -0.1) is 11.3 Å². The highest BCUT2D eigenvalue weighted by Gasteiger charge is 2.12. The highest BCUT2D eigenvalue weighted by molar-refractivity contribution is 7.13. The molecule has 0 atom stereocenters. The number of hydrogen-bond acceptors (Lipinski definition) is 5. The zero-order valence-electron chi connectivity index (χ0n) is 7.43. The Morgan fingerprint density at radius 1 is 1.67 bits per heavy atom. The topological polar surface area (TPSA) is 78.9 Å². The lowest BCUT2D eigenvalue weighted by molar-refractivity contribution is 0.0969. The average molecular weight is 219 g/mol. The molecule has 1 amide bonds. The summed E-state index contributed by atoms with van der Waals surface area (Å²) in [5, 5.41) is 12.5. The van der Waals surface area contributed by atoms with Crippen molar-refractivity contribution in [2.45, 2.75) is 0 Å². The largest absolute Gasteiger partial charge is 0.462 e. The third-order valence-electron chi connectivity index (χ3n) is 1.64. The summed E-state index contributed by atoms with van der Waals surface area (Å²) in [5.74, 6) is 0.0996. The minimum absolute atomic E-state index is 0.216. The lowest BCUT2D eigenvalue weighted by Gasteiger charge is -1.89. The number of furan rings is 1. The van der Waals surface area contributed by atoms with Crippen LogP contribution in [0.2, 0.25) is 0 Å².